The lowest BCUT2D eigenvalue weighted by atomic mass is 10.1. The highest BCUT2D eigenvalue weighted by atomic mass is 16.2. The summed E-state index contributed by atoms with van der Waals surface area (Å²) in [6.07, 6.45) is 8.14. The topological polar surface area (TPSA) is 64.7 Å². The van der Waals surface area contributed by atoms with Crippen molar-refractivity contribution in [2.24, 2.45) is 0 Å². The Morgan fingerprint density at radius 3 is 2.13 bits per heavy atom. The zero-order valence-corrected chi connectivity index (χ0v) is 14.2. The summed E-state index contributed by atoms with van der Waals surface area (Å²) >= 11 is 0. The Hall–Kier alpha value is -1.30. The molecule has 3 amide bonds. The maximum absolute atomic E-state index is 12.2. The van der Waals surface area contributed by atoms with Crippen LogP contribution in [0.25, 0.3) is 0 Å². The van der Waals surface area contributed by atoms with Gasteiger partial charge in [0.25, 0.3) is 0 Å². The average molecular weight is 322 g/mol. The van der Waals surface area contributed by atoms with Crippen LogP contribution in [0.1, 0.15) is 51.9 Å². The van der Waals surface area contributed by atoms with Gasteiger partial charge in [0, 0.05) is 51.2 Å². The summed E-state index contributed by atoms with van der Waals surface area (Å²) in [7, 11) is 0. The van der Waals surface area contributed by atoms with Crippen molar-refractivity contribution >= 4 is 11.9 Å². The summed E-state index contributed by atoms with van der Waals surface area (Å²) < 4.78 is 0. The molecule has 0 bridgehead atoms. The minimum absolute atomic E-state index is 0.0375. The molecular formula is C17H30N4O2. The van der Waals surface area contributed by atoms with Crippen LogP contribution >= 0.6 is 0 Å². The summed E-state index contributed by atoms with van der Waals surface area (Å²) in [4.78, 5) is 27.9. The van der Waals surface area contributed by atoms with Crippen LogP contribution in [0.4, 0.5) is 4.79 Å². The first kappa shape index (κ1) is 16.6. The normalized spacial score (nSPS) is 27.3. The van der Waals surface area contributed by atoms with Crippen molar-refractivity contribution in [2.45, 2.75) is 70.0 Å². The monoisotopic (exact) mass is 322 g/mol. The number of hydrogen-bond acceptors (Lipinski definition) is 3. The lowest BCUT2D eigenvalue weighted by Gasteiger charge is -2.32. The molecule has 6 heteroatoms. The number of piperidine rings is 1. The number of rotatable bonds is 3. The molecule has 3 aliphatic rings. The molecule has 2 saturated heterocycles. The molecule has 0 radical (unpaired) electrons. The third kappa shape index (κ3) is 4.37. The fourth-order valence-electron chi connectivity index (χ4n) is 4.26. The predicted molar refractivity (Wildman–Crippen MR) is 89.2 cm³/mol. The Balaban J connectivity index is 1.36. The zero-order valence-electron chi connectivity index (χ0n) is 14.2. The number of hydrogen-bond donors (Lipinski definition) is 2. The molecule has 2 heterocycles. The van der Waals surface area contributed by atoms with E-state index in [1.807, 2.05) is 4.90 Å². The Morgan fingerprint density at radius 1 is 0.870 bits per heavy atom. The van der Waals surface area contributed by atoms with E-state index in [9.17, 15) is 9.59 Å². The summed E-state index contributed by atoms with van der Waals surface area (Å²) in [6, 6.07) is 1.19. The molecule has 1 aliphatic carbocycles. The van der Waals surface area contributed by atoms with E-state index in [-0.39, 0.29) is 24.0 Å². The minimum atomic E-state index is -0.0375. The molecule has 130 valence electrons. The number of urea groups is 1. The van der Waals surface area contributed by atoms with Crippen molar-refractivity contribution in [1.82, 2.24) is 20.4 Å². The Labute approximate surface area is 139 Å². The van der Waals surface area contributed by atoms with Crippen molar-refractivity contribution < 1.29 is 9.59 Å². The Morgan fingerprint density at radius 2 is 1.48 bits per heavy atom. The van der Waals surface area contributed by atoms with Gasteiger partial charge >= 0.3 is 6.03 Å². The molecule has 0 unspecified atom stereocenters. The molecule has 0 spiro atoms. The number of carbonyl (C=O) groups is 2. The summed E-state index contributed by atoms with van der Waals surface area (Å²) in [5.74, 6) is 0.130. The highest BCUT2D eigenvalue weighted by Gasteiger charge is 2.31. The van der Waals surface area contributed by atoms with Crippen LogP contribution in [-0.4, -0.2) is 66.0 Å². The second kappa shape index (κ2) is 7.51. The zero-order chi connectivity index (χ0) is 16.2. The molecule has 23 heavy (non-hydrogen) atoms. The number of likely N-dealkylation sites (tertiary alicyclic amines) is 2. The molecule has 1 saturated carbocycles. The fraction of sp³-hybridized carbons (Fsp3) is 0.882. The lowest BCUT2D eigenvalue weighted by molar-refractivity contribution is -0.129. The molecule has 0 aromatic carbocycles. The number of nitrogens with zero attached hydrogens (tertiary/aromatic N) is 2. The Bertz CT molecular complexity index is 428. The smallest absolute Gasteiger partial charge is 0.315 e. The van der Waals surface area contributed by atoms with E-state index in [1.54, 1.807) is 6.92 Å². The van der Waals surface area contributed by atoms with Crippen LogP contribution in [0.5, 0.6) is 0 Å². The standard InChI is InChI=1S/C17H30N4O2/c1-13(22)20-9-6-14(7-10-20)18-17(23)19-15-8-11-21(12-15)16-4-2-3-5-16/h14-16H,2-12H2,1H3,(H2,18,19,23)/t15-/m0/s1. The summed E-state index contributed by atoms with van der Waals surface area (Å²) in [5, 5.41) is 6.22. The lowest BCUT2D eigenvalue weighted by Crippen LogP contribution is -2.51. The maximum atomic E-state index is 12.2. The van der Waals surface area contributed by atoms with Crippen molar-refractivity contribution in [3.05, 3.63) is 0 Å². The van der Waals surface area contributed by atoms with E-state index < -0.39 is 0 Å². The Kier molecular flexibility index (Phi) is 5.41. The van der Waals surface area contributed by atoms with Gasteiger partial charge in [-0.15, -0.1) is 0 Å². The minimum Gasteiger partial charge on any atom is -0.343 e. The van der Waals surface area contributed by atoms with Crippen molar-refractivity contribution in [3.8, 4) is 0 Å². The highest BCUT2D eigenvalue weighted by Crippen LogP contribution is 2.26. The number of amides is 3. The van der Waals surface area contributed by atoms with Gasteiger partial charge in [0.05, 0.1) is 0 Å². The second-order valence-corrected chi connectivity index (χ2v) is 7.32. The molecular weight excluding hydrogens is 292 g/mol. The molecule has 3 fully saturated rings. The second-order valence-electron chi connectivity index (χ2n) is 7.32. The molecule has 2 aliphatic heterocycles. The third-order valence-corrected chi connectivity index (χ3v) is 5.67. The van der Waals surface area contributed by atoms with Crippen LogP contribution in [0, 0.1) is 0 Å². The predicted octanol–water partition coefficient (Wildman–Crippen LogP) is 1.31. The van der Waals surface area contributed by atoms with Gasteiger partial charge in [-0.1, -0.05) is 12.8 Å². The molecule has 3 rings (SSSR count). The van der Waals surface area contributed by atoms with E-state index in [0.717, 1.165) is 51.5 Å². The summed E-state index contributed by atoms with van der Waals surface area (Å²) in [5.41, 5.74) is 0. The molecule has 0 aromatic rings. The molecule has 2 N–H and O–H groups in total. The van der Waals surface area contributed by atoms with Gasteiger partial charge in [-0.2, -0.15) is 0 Å². The van der Waals surface area contributed by atoms with Gasteiger partial charge in [0.15, 0.2) is 0 Å². The first-order chi connectivity index (χ1) is 11.1. The highest BCUT2D eigenvalue weighted by molar-refractivity contribution is 5.75. The third-order valence-electron chi connectivity index (χ3n) is 5.67. The number of carbonyl (C=O) groups excluding carboxylic acids is 2. The van der Waals surface area contributed by atoms with Gasteiger partial charge in [0.1, 0.15) is 0 Å². The van der Waals surface area contributed by atoms with Gasteiger partial charge < -0.3 is 15.5 Å². The molecule has 6 nitrogen and oxygen atoms in total. The van der Waals surface area contributed by atoms with Gasteiger partial charge in [-0.3, -0.25) is 9.69 Å². The quantitative estimate of drug-likeness (QED) is 0.823. The van der Waals surface area contributed by atoms with Crippen molar-refractivity contribution in [1.29, 1.82) is 0 Å². The summed E-state index contributed by atoms with van der Waals surface area (Å²) in [6.45, 7) is 5.22. The maximum Gasteiger partial charge on any atom is 0.315 e. The van der Waals surface area contributed by atoms with E-state index >= 15 is 0 Å². The fourth-order valence-corrected chi connectivity index (χ4v) is 4.26. The van der Waals surface area contributed by atoms with Gasteiger partial charge in [-0.05, 0) is 32.1 Å². The molecule has 1 atom stereocenters. The van der Waals surface area contributed by atoms with Crippen LogP contribution in [-0.2, 0) is 4.79 Å². The average Bonchev–Trinajstić information content (AvgIpc) is 3.18. The van der Waals surface area contributed by atoms with E-state index in [1.165, 1.54) is 25.7 Å². The first-order valence-electron chi connectivity index (χ1n) is 9.18. The van der Waals surface area contributed by atoms with Crippen LogP contribution in [0.2, 0.25) is 0 Å². The van der Waals surface area contributed by atoms with Crippen LogP contribution in [0.3, 0.4) is 0 Å². The van der Waals surface area contributed by atoms with E-state index in [0.29, 0.717) is 0 Å². The largest absolute Gasteiger partial charge is 0.343 e. The van der Waals surface area contributed by atoms with Crippen LogP contribution < -0.4 is 10.6 Å². The van der Waals surface area contributed by atoms with Gasteiger partial charge in [-0.25, -0.2) is 4.79 Å². The van der Waals surface area contributed by atoms with Gasteiger partial charge in [0.2, 0.25) is 5.91 Å². The van der Waals surface area contributed by atoms with Crippen molar-refractivity contribution in [3.63, 3.8) is 0 Å². The number of nitrogens with one attached hydrogen (secondary N) is 2. The van der Waals surface area contributed by atoms with E-state index in [2.05, 4.69) is 15.5 Å². The van der Waals surface area contributed by atoms with E-state index in [4.69, 9.17) is 0 Å². The van der Waals surface area contributed by atoms with Crippen LogP contribution in [0.15, 0.2) is 0 Å². The first-order valence-corrected chi connectivity index (χ1v) is 9.18. The molecule has 0 aromatic heterocycles. The SMILES string of the molecule is CC(=O)N1CCC(NC(=O)N[C@H]2CCN(C3CCCC3)C2)CC1. The van der Waals surface area contributed by atoms with Crippen molar-refractivity contribution in [2.75, 3.05) is 26.2 Å².